The summed E-state index contributed by atoms with van der Waals surface area (Å²) in [6, 6.07) is -0.203. The van der Waals surface area contributed by atoms with Gasteiger partial charge in [-0.2, -0.15) is 0 Å². The van der Waals surface area contributed by atoms with Crippen LogP contribution in [-0.4, -0.2) is 30.9 Å². The maximum atomic E-state index is 12.3. The van der Waals surface area contributed by atoms with E-state index in [1.807, 2.05) is 13.8 Å². The highest BCUT2D eigenvalue weighted by molar-refractivity contribution is 5.83. The predicted octanol–water partition coefficient (Wildman–Crippen LogP) is 0.392. The van der Waals surface area contributed by atoms with E-state index in [2.05, 4.69) is 10.6 Å². The van der Waals surface area contributed by atoms with Crippen LogP contribution in [0.2, 0.25) is 0 Å². The Hall–Kier alpha value is -1.10. The van der Waals surface area contributed by atoms with Crippen molar-refractivity contribution in [3.05, 3.63) is 0 Å². The molecule has 1 aliphatic rings. The summed E-state index contributed by atoms with van der Waals surface area (Å²) in [7, 11) is 0. The molecular weight excluding hydrogens is 230 g/mol. The molecule has 1 heterocycles. The molecule has 0 aromatic rings. The van der Waals surface area contributed by atoms with Gasteiger partial charge < -0.3 is 16.4 Å². The van der Waals surface area contributed by atoms with Gasteiger partial charge in [0.2, 0.25) is 11.8 Å². The van der Waals surface area contributed by atoms with Crippen LogP contribution in [0.4, 0.5) is 0 Å². The van der Waals surface area contributed by atoms with Crippen LogP contribution in [-0.2, 0) is 9.59 Å². The van der Waals surface area contributed by atoms with Crippen molar-refractivity contribution in [2.75, 3.05) is 13.1 Å². The van der Waals surface area contributed by atoms with Crippen molar-refractivity contribution < 1.29 is 9.59 Å². The Morgan fingerprint density at radius 1 is 1.50 bits per heavy atom. The Bertz CT molecular complexity index is 309. The molecule has 5 heteroatoms. The maximum Gasteiger partial charge on any atom is 0.226 e. The average Bonchev–Trinajstić information content (AvgIpc) is 2.28. The van der Waals surface area contributed by atoms with Crippen LogP contribution >= 0.6 is 0 Å². The van der Waals surface area contributed by atoms with Gasteiger partial charge >= 0.3 is 0 Å². The Morgan fingerprint density at radius 2 is 2.17 bits per heavy atom. The number of hydrogen-bond donors (Lipinski definition) is 3. The lowest BCUT2D eigenvalue weighted by atomic mass is 9.74. The van der Waals surface area contributed by atoms with Crippen molar-refractivity contribution in [1.29, 1.82) is 0 Å². The summed E-state index contributed by atoms with van der Waals surface area (Å²) in [6.45, 7) is 7.66. The zero-order valence-electron chi connectivity index (χ0n) is 11.6. The van der Waals surface area contributed by atoms with Gasteiger partial charge in [-0.15, -0.1) is 0 Å². The van der Waals surface area contributed by atoms with Gasteiger partial charge in [0.25, 0.3) is 0 Å². The molecule has 2 unspecified atom stereocenters. The number of piperidine rings is 1. The zero-order valence-corrected chi connectivity index (χ0v) is 11.6. The van der Waals surface area contributed by atoms with Crippen molar-refractivity contribution in [2.45, 2.75) is 46.1 Å². The lowest BCUT2D eigenvalue weighted by Gasteiger charge is -2.36. The topological polar surface area (TPSA) is 84.2 Å². The van der Waals surface area contributed by atoms with Crippen LogP contribution in [0.25, 0.3) is 0 Å². The summed E-state index contributed by atoms with van der Waals surface area (Å²) < 4.78 is 0. The summed E-state index contributed by atoms with van der Waals surface area (Å²) in [5.41, 5.74) is 4.70. The van der Waals surface area contributed by atoms with E-state index in [1.165, 1.54) is 0 Å². The summed E-state index contributed by atoms with van der Waals surface area (Å²) in [6.07, 6.45) is 2.36. The van der Waals surface area contributed by atoms with Gasteiger partial charge in [0.15, 0.2) is 0 Å². The highest BCUT2D eigenvalue weighted by atomic mass is 16.2. The number of hydrogen-bond acceptors (Lipinski definition) is 3. The standard InChI is InChI=1S/C13H25N3O2/c1-9(7-11(14)17)16-12(18)13(2,3)10-5-4-6-15-8-10/h9-10,15H,4-8H2,1-3H3,(H2,14,17)(H,16,18). The molecule has 1 rings (SSSR count). The maximum absolute atomic E-state index is 12.3. The van der Waals surface area contributed by atoms with E-state index in [9.17, 15) is 9.59 Å². The average molecular weight is 255 g/mol. The van der Waals surface area contributed by atoms with Crippen molar-refractivity contribution in [1.82, 2.24) is 10.6 Å². The van der Waals surface area contributed by atoms with E-state index in [1.54, 1.807) is 6.92 Å². The summed E-state index contributed by atoms with van der Waals surface area (Å²) in [5.74, 6) is -0.0445. The molecule has 1 saturated heterocycles. The zero-order chi connectivity index (χ0) is 13.8. The van der Waals surface area contributed by atoms with E-state index >= 15 is 0 Å². The van der Waals surface area contributed by atoms with Crippen molar-refractivity contribution in [3.63, 3.8) is 0 Å². The molecule has 0 aliphatic carbocycles. The minimum absolute atomic E-state index is 0.00458. The summed E-state index contributed by atoms with van der Waals surface area (Å²) in [5, 5.41) is 6.21. The lowest BCUT2D eigenvalue weighted by Crippen LogP contribution is -2.49. The summed E-state index contributed by atoms with van der Waals surface area (Å²) in [4.78, 5) is 23.1. The number of primary amides is 1. The minimum Gasteiger partial charge on any atom is -0.370 e. The van der Waals surface area contributed by atoms with Crippen LogP contribution in [0.1, 0.15) is 40.0 Å². The molecule has 1 fully saturated rings. The van der Waals surface area contributed by atoms with Crippen LogP contribution in [0.5, 0.6) is 0 Å². The van der Waals surface area contributed by atoms with Gasteiger partial charge in [-0.1, -0.05) is 13.8 Å². The van der Waals surface area contributed by atoms with Crippen molar-refractivity contribution in [3.8, 4) is 0 Å². The lowest BCUT2D eigenvalue weighted by molar-refractivity contribution is -0.133. The SMILES string of the molecule is CC(CC(N)=O)NC(=O)C(C)(C)C1CCCNC1. The smallest absolute Gasteiger partial charge is 0.226 e. The second-order valence-corrected chi connectivity index (χ2v) is 5.81. The normalized spacial score (nSPS) is 22.3. The highest BCUT2D eigenvalue weighted by Gasteiger charge is 2.37. The van der Waals surface area contributed by atoms with E-state index in [0.717, 1.165) is 25.9 Å². The van der Waals surface area contributed by atoms with E-state index in [-0.39, 0.29) is 24.3 Å². The molecule has 18 heavy (non-hydrogen) atoms. The fraction of sp³-hybridized carbons (Fsp3) is 0.846. The first-order chi connectivity index (χ1) is 8.34. The Labute approximate surface area is 109 Å². The fourth-order valence-electron chi connectivity index (χ4n) is 2.42. The monoisotopic (exact) mass is 255 g/mol. The third kappa shape index (κ3) is 3.98. The molecule has 0 aromatic carbocycles. The van der Waals surface area contributed by atoms with E-state index in [0.29, 0.717) is 5.92 Å². The molecule has 4 N–H and O–H groups in total. The van der Waals surface area contributed by atoms with Crippen LogP contribution < -0.4 is 16.4 Å². The molecule has 0 radical (unpaired) electrons. The van der Waals surface area contributed by atoms with Crippen LogP contribution in [0, 0.1) is 11.3 Å². The molecule has 0 aromatic heterocycles. The predicted molar refractivity (Wildman–Crippen MR) is 70.8 cm³/mol. The number of amides is 2. The molecule has 2 amide bonds. The molecular formula is C13H25N3O2. The molecule has 104 valence electrons. The first kappa shape index (κ1) is 15.0. The number of carbonyl (C=O) groups is 2. The highest BCUT2D eigenvalue weighted by Crippen LogP contribution is 2.32. The van der Waals surface area contributed by atoms with Gasteiger partial charge in [-0.05, 0) is 38.8 Å². The third-order valence-electron chi connectivity index (χ3n) is 3.79. The van der Waals surface area contributed by atoms with Crippen LogP contribution in [0.15, 0.2) is 0 Å². The largest absolute Gasteiger partial charge is 0.370 e. The van der Waals surface area contributed by atoms with Gasteiger partial charge in [0.05, 0.1) is 0 Å². The van der Waals surface area contributed by atoms with Gasteiger partial charge in [-0.25, -0.2) is 0 Å². The molecule has 1 aliphatic heterocycles. The summed E-state index contributed by atoms with van der Waals surface area (Å²) >= 11 is 0. The number of nitrogens with one attached hydrogen (secondary N) is 2. The second-order valence-electron chi connectivity index (χ2n) is 5.81. The first-order valence-corrected chi connectivity index (χ1v) is 6.64. The number of nitrogens with two attached hydrogens (primary N) is 1. The van der Waals surface area contributed by atoms with Gasteiger partial charge in [0.1, 0.15) is 0 Å². The minimum atomic E-state index is -0.417. The van der Waals surface area contributed by atoms with Crippen LogP contribution in [0.3, 0.4) is 0 Å². The number of carbonyl (C=O) groups excluding carboxylic acids is 2. The van der Waals surface area contributed by atoms with Gasteiger partial charge in [0, 0.05) is 17.9 Å². The fourth-order valence-corrected chi connectivity index (χ4v) is 2.42. The van der Waals surface area contributed by atoms with E-state index < -0.39 is 5.41 Å². The molecule has 0 bridgehead atoms. The Morgan fingerprint density at radius 3 is 2.67 bits per heavy atom. The first-order valence-electron chi connectivity index (χ1n) is 6.64. The van der Waals surface area contributed by atoms with Crippen molar-refractivity contribution >= 4 is 11.8 Å². The van der Waals surface area contributed by atoms with E-state index in [4.69, 9.17) is 5.73 Å². The molecule has 0 spiro atoms. The van der Waals surface area contributed by atoms with Gasteiger partial charge in [-0.3, -0.25) is 9.59 Å². The molecule has 2 atom stereocenters. The third-order valence-corrected chi connectivity index (χ3v) is 3.79. The second kappa shape index (κ2) is 6.18. The van der Waals surface area contributed by atoms with Crippen molar-refractivity contribution in [2.24, 2.45) is 17.1 Å². The number of rotatable bonds is 5. The molecule has 0 saturated carbocycles. The quantitative estimate of drug-likeness (QED) is 0.664. The molecule has 5 nitrogen and oxygen atoms in total. The Kier molecular flexibility index (Phi) is 5.14. The Balaban J connectivity index is 2.54.